The second-order valence-corrected chi connectivity index (χ2v) is 18.0. The zero-order chi connectivity index (χ0) is 34.2. The van der Waals surface area contributed by atoms with E-state index in [0.717, 1.165) is 66.4 Å². The van der Waals surface area contributed by atoms with Crippen molar-refractivity contribution in [2.24, 2.45) is 0 Å². The molecule has 0 N–H and O–H groups in total. The van der Waals surface area contributed by atoms with Crippen molar-refractivity contribution in [2.45, 2.75) is 32.5 Å². The number of aromatic nitrogens is 2. The van der Waals surface area contributed by atoms with E-state index in [1.807, 2.05) is 85.9 Å². The van der Waals surface area contributed by atoms with Crippen LogP contribution in [0.25, 0.3) is 55.2 Å². The normalized spacial score (nSPS) is 12.9. The third-order valence-corrected chi connectivity index (χ3v) is 10.7. The predicted molar refractivity (Wildman–Crippen MR) is 199 cm³/mol. The monoisotopic (exact) mass is 836 g/mol. The molecule has 0 spiro atoms. The molecular formula is C43H35FIrN2OSi-2. The fourth-order valence-electron chi connectivity index (χ4n) is 5.88. The van der Waals surface area contributed by atoms with Gasteiger partial charge in [-0.1, -0.05) is 122 Å². The van der Waals surface area contributed by atoms with Crippen LogP contribution in [-0.2, 0) is 20.1 Å². The maximum Gasteiger partial charge on any atom is 0.128 e. The summed E-state index contributed by atoms with van der Waals surface area (Å²) in [5, 5.41) is 5.70. The average molecular weight is 836 g/mol. The molecule has 245 valence electrons. The van der Waals surface area contributed by atoms with Gasteiger partial charge in [-0.15, -0.1) is 48.0 Å². The largest absolute Gasteiger partial charge is 0.500 e. The Bertz CT molecular complexity index is 2400. The van der Waals surface area contributed by atoms with Gasteiger partial charge in [-0.2, -0.15) is 0 Å². The number of furan rings is 1. The zero-order valence-corrected chi connectivity index (χ0v) is 31.1. The Morgan fingerprint density at radius 3 is 2.24 bits per heavy atom. The molecule has 0 bridgehead atoms. The molecule has 6 heteroatoms. The van der Waals surface area contributed by atoms with Gasteiger partial charge in [0, 0.05) is 56.4 Å². The Morgan fingerprint density at radius 1 is 0.735 bits per heavy atom. The molecular weight excluding hydrogens is 800 g/mol. The number of hydrogen-bond donors (Lipinski definition) is 0. The predicted octanol–water partition coefficient (Wildman–Crippen LogP) is 11.0. The average Bonchev–Trinajstić information content (AvgIpc) is 3.52. The van der Waals surface area contributed by atoms with Crippen LogP contribution in [0.15, 0.2) is 138 Å². The van der Waals surface area contributed by atoms with Gasteiger partial charge in [-0.05, 0) is 39.2 Å². The Kier molecular flexibility index (Phi) is 9.63. The number of nitrogens with zero attached hydrogens (tertiary/aromatic N) is 2. The van der Waals surface area contributed by atoms with Crippen LogP contribution in [0, 0.1) is 17.9 Å². The first-order valence-electron chi connectivity index (χ1n) is 16.5. The molecule has 0 aliphatic rings. The van der Waals surface area contributed by atoms with Gasteiger partial charge in [0.2, 0.25) is 0 Å². The molecule has 0 saturated heterocycles. The maximum atomic E-state index is 12.8. The molecule has 0 amide bonds. The van der Waals surface area contributed by atoms with Gasteiger partial charge in [-0.25, -0.2) is 0 Å². The van der Waals surface area contributed by atoms with E-state index >= 15 is 0 Å². The van der Waals surface area contributed by atoms with Crippen LogP contribution in [0.2, 0.25) is 19.6 Å². The molecule has 0 saturated carbocycles. The molecule has 3 heterocycles. The van der Waals surface area contributed by atoms with Crippen LogP contribution in [0.5, 0.6) is 0 Å². The van der Waals surface area contributed by atoms with Crippen molar-refractivity contribution in [3.8, 4) is 22.5 Å². The summed E-state index contributed by atoms with van der Waals surface area (Å²) in [7, 11) is -1.30. The van der Waals surface area contributed by atoms with Gasteiger partial charge >= 0.3 is 0 Å². The standard InChI is InChI=1S/C29H20NO.C14H15FNSi.Ir/c1-19(20-8-3-2-4-9-20)22-16-17-30-27(18-22)26-13-7-12-24-25-15-14-21-10-5-6-11-23(21)28(25)31-29(24)26;1-17(2,3)13-8-9-14(16-10-13)11-4-6-12(15)7-5-11;/h2-12,14-19H,1H3;4,6-10H,1-3H3;/q2*-1;/i19D;;. The second-order valence-electron chi connectivity index (χ2n) is 12.9. The van der Waals surface area contributed by atoms with E-state index in [0.29, 0.717) is 0 Å². The summed E-state index contributed by atoms with van der Waals surface area (Å²) >= 11 is 0. The number of pyridine rings is 2. The molecule has 49 heavy (non-hydrogen) atoms. The van der Waals surface area contributed by atoms with Crippen LogP contribution >= 0.6 is 0 Å². The van der Waals surface area contributed by atoms with Gasteiger partial charge in [0.1, 0.15) is 5.58 Å². The topological polar surface area (TPSA) is 38.9 Å². The molecule has 3 nitrogen and oxygen atoms in total. The molecule has 8 aromatic rings. The molecule has 1 atom stereocenters. The first-order chi connectivity index (χ1) is 23.6. The van der Waals surface area contributed by atoms with Gasteiger partial charge in [-0.3, -0.25) is 4.39 Å². The minimum atomic E-state index is -1.30. The number of fused-ring (bicyclic) bond motifs is 5. The number of halogens is 1. The molecule has 0 aliphatic heterocycles. The molecule has 1 unspecified atom stereocenters. The van der Waals surface area contributed by atoms with Crippen molar-refractivity contribution in [1.29, 1.82) is 0 Å². The van der Waals surface area contributed by atoms with Crippen molar-refractivity contribution >= 4 is 46.0 Å². The maximum absolute atomic E-state index is 12.8. The fourth-order valence-corrected chi connectivity index (χ4v) is 6.91. The van der Waals surface area contributed by atoms with Crippen molar-refractivity contribution in [3.05, 3.63) is 163 Å². The van der Waals surface area contributed by atoms with Crippen LogP contribution in [0.1, 0.15) is 25.3 Å². The summed E-state index contributed by atoms with van der Waals surface area (Å²) < 4.78 is 28.3. The minimum Gasteiger partial charge on any atom is -0.500 e. The van der Waals surface area contributed by atoms with Crippen LogP contribution in [0.3, 0.4) is 0 Å². The van der Waals surface area contributed by atoms with Crippen molar-refractivity contribution in [1.82, 2.24) is 9.97 Å². The fraction of sp³-hybridized carbons (Fsp3) is 0.116. The number of benzene rings is 5. The third-order valence-electron chi connectivity index (χ3n) is 8.66. The van der Waals surface area contributed by atoms with E-state index < -0.39 is 14.0 Å². The Labute approximate surface area is 302 Å². The Morgan fingerprint density at radius 2 is 1.51 bits per heavy atom. The van der Waals surface area contributed by atoms with Crippen molar-refractivity contribution in [2.75, 3.05) is 0 Å². The molecule has 0 aliphatic carbocycles. The summed E-state index contributed by atoms with van der Waals surface area (Å²) in [6.45, 7) is 8.77. The van der Waals surface area contributed by atoms with E-state index in [9.17, 15) is 4.39 Å². The number of rotatable bonds is 5. The number of hydrogen-bond acceptors (Lipinski definition) is 3. The molecule has 5 aromatic carbocycles. The molecule has 0 fully saturated rings. The van der Waals surface area contributed by atoms with E-state index in [1.54, 1.807) is 12.3 Å². The van der Waals surface area contributed by atoms with Crippen molar-refractivity contribution < 1.29 is 30.3 Å². The van der Waals surface area contributed by atoms with Crippen LogP contribution in [-0.4, -0.2) is 18.0 Å². The van der Waals surface area contributed by atoms with E-state index in [2.05, 4.69) is 72.1 Å². The van der Waals surface area contributed by atoms with Gasteiger partial charge < -0.3 is 14.4 Å². The van der Waals surface area contributed by atoms with Gasteiger partial charge in [0.15, 0.2) is 0 Å². The molecule has 1 radical (unpaired) electrons. The third kappa shape index (κ3) is 7.18. The quantitative estimate of drug-likeness (QED) is 0.128. The van der Waals surface area contributed by atoms with E-state index in [1.165, 1.54) is 17.3 Å². The first-order valence-corrected chi connectivity index (χ1v) is 19.5. The van der Waals surface area contributed by atoms with Gasteiger partial charge in [0.05, 0.1) is 13.7 Å². The van der Waals surface area contributed by atoms with Crippen LogP contribution in [0.4, 0.5) is 4.39 Å². The second kappa shape index (κ2) is 14.4. The Hall–Kier alpha value is -4.74. The summed E-state index contributed by atoms with van der Waals surface area (Å²) in [6, 6.07) is 45.1. The van der Waals surface area contributed by atoms with E-state index in [4.69, 9.17) is 5.79 Å². The smallest absolute Gasteiger partial charge is 0.128 e. The molecule has 8 rings (SSSR count). The van der Waals surface area contributed by atoms with Crippen LogP contribution < -0.4 is 5.19 Å². The zero-order valence-electron chi connectivity index (χ0n) is 28.7. The first kappa shape index (κ1) is 32.8. The van der Waals surface area contributed by atoms with Gasteiger partial charge in [0.25, 0.3) is 0 Å². The summed E-state index contributed by atoms with van der Waals surface area (Å²) in [5.41, 5.74) is 6.70. The molecule has 3 aromatic heterocycles. The van der Waals surface area contributed by atoms with E-state index in [-0.39, 0.29) is 25.9 Å². The minimum absolute atomic E-state index is 0. The summed E-state index contributed by atoms with van der Waals surface area (Å²) in [4.78, 5) is 9.05. The summed E-state index contributed by atoms with van der Waals surface area (Å²) in [6.07, 6.45) is 3.70. The SMILES string of the molecule is C[Si](C)(C)c1ccc(-c2[c-]cc(F)cc2)nc1.[2H]C(C)(c1ccccc1)c1ccnc(-c2[c-]ccc3c2oc2c4ccccc4ccc32)c1.[Ir]. The Balaban J connectivity index is 0.000000204. The summed E-state index contributed by atoms with van der Waals surface area (Å²) in [5.74, 6) is -1.16. The van der Waals surface area contributed by atoms with Crippen molar-refractivity contribution in [3.63, 3.8) is 0 Å².